The summed E-state index contributed by atoms with van der Waals surface area (Å²) in [5.74, 6) is -1.22. The van der Waals surface area contributed by atoms with Gasteiger partial charge in [-0.3, -0.25) is 9.05 Å². The number of ether oxygens (including phenoxy) is 2. The Hall–Kier alpha value is -3.09. The molecule has 2 aliphatic heterocycles. The van der Waals surface area contributed by atoms with Crippen LogP contribution in [0.4, 0.5) is 0 Å². The molecule has 386 valence electrons. The normalized spacial score (nSPS) is 21.1. The summed E-state index contributed by atoms with van der Waals surface area (Å²) in [7, 11) is -5.24. The lowest BCUT2D eigenvalue weighted by Gasteiger charge is -2.44. The third kappa shape index (κ3) is 11.0. The van der Waals surface area contributed by atoms with E-state index in [0.29, 0.717) is 22.3 Å². The molecular weight excluding hydrogens is 884 g/mol. The van der Waals surface area contributed by atoms with Gasteiger partial charge in [0, 0.05) is 0 Å². The van der Waals surface area contributed by atoms with Crippen LogP contribution in [-0.4, -0.2) is 22.9 Å². The van der Waals surface area contributed by atoms with Crippen molar-refractivity contribution in [3.63, 3.8) is 0 Å². The summed E-state index contributed by atoms with van der Waals surface area (Å²) in [5, 5.41) is 0. The van der Waals surface area contributed by atoms with E-state index in [1.807, 2.05) is 13.8 Å². The van der Waals surface area contributed by atoms with Crippen LogP contribution in [0, 0.1) is 0 Å². The first-order valence-electron chi connectivity index (χ1n) is 25.9. The van der Waals surface area contributed by atoms with Gasteiger partial charge in [0.05, 0.1) is 0 Å². The average Bonchev–Trinajstić information content (AvgIpc) is 3.47. The van der Waals surface area contributed by atoms with Crippen molar-refractivity contribution >= 4 is 7.82 Å². The fourth-order valence-corrected chi connectivity index (χ4v) is 11.3. The van der Waals surface area contributed by atoms with Crippen LogP contribution in [0.2, 0.25) is 0 Å². The summed E-state index contributed by atoms with van der Waals surface area (Å²) < 4.78 is 46.4. The third-order valence-electron chi connectivity index (χ3n) is 14.8. The highest BCUT2D eigenvalue weighted by Gasteiger charge is 2.69. The molecule has 0 aromatic heterocycles. The summed E-state index contributed by atoms with van der Waals surface area (Å²) in [6, 6.07) is 26.6. The van der Waals surface area contributed by atoms with Crippen molar-refractivity contribution in [2.45, 2.75) is 253 Å². The third-order valence-corrected chi connectivity index (χ3v) is 15.8. The van der Waals surface area contributed by atoms with Crippen molar-refractivity contribution < 1.29 is 28.0 Å². The van der Waals surface area contributed by atoms with Crippen LogP contribution in [0.1, 0.15) is 247 Å². The van der Waals surface area contributed by atoms with E-state index >= 15 is 4.57 Å². The number of hydrogen-bond donors (Lipinski definition) is 1. The lowest BCUT2D eigenvalue weighted by molar-refractivity contribution is -0.178. The molecule has 0 radical (unpaired) electrons. The van der Waals surface area contributed by atoms with Gasteiger partial charge in [-0.05, 0) is 124 Å². The zero-order valence-corrected chi connectivity index (χ0v) is 49.4. The molecule has 2 saturated heterocycles. The van der Waals surface area contributed by atoms with Gasteiger partial charge >= 0.3 is 7.82 Å². The Morgan fingerprint density at radius 1 is 0.343 bits per heavy atom. The van der Waals surface area contributed by atoms with Gasteiger partial charge in [0.1, 0.15) is 12.2 Å². The summed E-state index contributed by atoms with van der Waals surface area (Å²) in [4.78, 5) is 13.4. The van der Waals surface area contributed by atoms with Crippen LogP contribution >= 0.6 is 7.82 Å². The highest BCUT2D eigenvalue weighted by Crippen LogP contribution is 2.68. The summed E-state index contributed by atoms with van der Waals surface area (Å²) >= 11 is 0. The van der Waals surface area contributed by atoms with Crippen LogP contribution in [0.3, 0.4) is 0 Å². The van der Waals surface area contributed by atoms with Gasteiger partial charge in [0.2, 0.25) is 0 Å². The Bertz CT molecular complexity index is 2200. The Morgan fingerprint density at radius 3 is 0.643 bits per heavy atom. The fourth-order valence-electron chi connectivity index (χ4n) is 9.88. The van der Waals surface area contributed by atoms with Crippen LogP contribution < -0.4 is 0 Å². The maximum absolute atomic E-state index is 16.4. The van der Waals surface area contributed by atoms with E-state index < -0.39 is 37.0 Å². The SMILES string of the molecule is CC1(C)O[C@H]2[C@H](O1)C(c1cc(C(C)(C)C)cc(C(C)(C)C)c1)(c1cc(C(C)(C)C)cc(C(C)(C)C)c1)OP(=O)(O)OC2(c1cc(C(C)(C)C)cc(C(C)(C)C)c1)c1cc(C(C)(C)C)cc(C(C)(C)C)c1. The van der Waals surface area contributed by atoms with Crippen LogP contribution in [0.15, 0.2) is 72.8 Å². The molecule has 0 saturated carbocycles. The van der Waals surface area contributed by atoms with Crippen molar-refractivity contribution in [2.24, 2.45) is 0 Å². The second kappa shape index (κ2) is 17.2. The minimum Gasteiger partial charge on any atom is -0.341 e. The van der Waals surface area contributed by atoms with Crippen LogP contribution in [0.5, 0.6) is 0 Å². The van der Waals surface area contributed by atoms with Gasteiger partial charge < -0.3 is 14.4 Å². The first kappa shape index (κ1) is 56.2. The highest BCUT2D eigenvalue weighted by molar-refractivity contribution is 7.47. The first-order chi connectivity index (χ1) is 31.1. The Labute approximate surface area is 426 Å². The van der Waals surface area contributed by atoms with Crippen molar-refractivity contribution in [3.8, 4) is 0 Å². The summed E-state index contributed by atoms with van der Waals surface area (Å²) in [5.41, 5.74) is 5.33. The molecule has 0 spiro atoms. The van der Waals surface area contributed by atoms with Gasteiger partial charge in [-0.15, -0.1) is 0 Å². The average molecular weight is 977 g/mol. The standard InChI is InChI=1S/C63H93O6P/c1-53(2,3)39-27-40(54(4,5)6)32-47(31-39)62(48-33-41(55(7,8)9)28-42(34-48)56(10,11)12)51-52(67-61(25,26)66-51)63(69-70(64,65)68-62,49-35-43(57(13,14)15)29-44(36-49)58(16,17)18)50-37-45(59(19,20)21)30-46(38-50)60(22,23)24/h27-38,51-52H,1-26H3,(H,64,65)/t51-,52-/m0/s1. The second-order valence-corrected chi connectivity index (χ2v) is 31.1. The predicted molar refractivity (Wildman–Crippen MR) is 293 cm³/mol. The molecule has 1 N–H and O–H groups in total. The van der Waals surface area contributed by atoms with E-state index in [2.05, 4.69) is 239 Å². The number of phosphoric acid groups is 1. The second-order valence-electron chi connectivity index (χ2n) is 29.8. The molecule has 7 heteroatoms. The maximum atomic E-state index is 16.4. The smallest absolute Gasteiger partial charge is 0.341 e. The Balaban J connectivity index is 1.98. The summed E-state index contributed by atoms with van der Waals surface area (Å²) in [6.07, 6.45) is -2.13. The molecule has 6 rings (SSSR count). The van der Waals surface area contributed by atoms with Gasteiger partial charge in [0.15, 0.2) is 17.0 Å². The van der Waals surface area contributed by atoms with Gasteiger partial charge in [-0.1, -0.05) is 239 Å². The molecular formula is C63H93O6P. The van der Waals surface area contributed by atoms with Crippen LogP contribution in [-0.2, 0) is 77.6 Å². The molecule has 0 unspecified atom stereocenters. The van der Waals surface area contributed by atoms with Crippen molar-refractivity contribution in [1.82, 2.24) is 0 Å². The molecule has 2 fully saturated rings. The minimum absolute atomic E-state index is 0.311. The highest BCUT2D eigenvalue weighted by atomic mass is 31.2. The molecule has 0 aliphatic carbocycles. The Morgan fingerprint density at radius 2 is 0.500 bits per heavy atom. The van der Waals surface area contributed by atoms with E-state index in [-0.39, 0.29) is 43.3 Å². The quantitative estimate of drug-likeness (QED) is 0.205. The van der Waals surface area contributed by atoms with Gasteiger partial charge in [-0.25, -0.2) is 4.57 Å². The van der Waals surface area contributed by atoms with Crippen molar-refractivity contribution in [2.75, 3.05) is 0 Å². The molecule has 2 aliphatic rings. The molecule has 6 nitrogen and oxygen atoms in total. The monoisotopic (exact) mass is 977 g/mol. The zero-order valence-electron chi connectivity index (χ0n) is 48.5. The predicted octanol–water partition coefficient (Wildman–Crippen LogP) is 16.9. The topological polar surface area (TPSA) is 74.2 Å². The minimum atomic E-state index is -5.24. The molecule has 0 amide bonds. The zero-order chi connectivity index (χ0) is 53.4. The first-order valence-corrected chi connectivity index (χ1v) is 27.4. The maximum Gasteiger partial charge on any atom is 0.474 e. The fraction of sp³-hybridized carbons (Fsp3) is 0.619. The van der Waals surface area contributed by atoms with Gasteiger partial charge in [0.25, 0.3) is 0 Å². The van der Waals surface area contributed by atoms with Crippen molar-refractivity contribution in [1.29, 1.82) is 0 Å². The van der Waals surface area contributed by atoms with E-state index in [0.717, 1.165) is 44.5 Å². The number of benzene rings is 4. The van der Waals surface area contributed by atoms with E-state index in [1.54, 1.807) is 0 Å². The molecule has 2 atom stereocenters. The van der Waals surface area contributed by atoms with Crippen molar-refractivity contribution in [3.05, 3.63) is 140 Å². The number of fused-ring (bicyclic) bond motifs is 1. The summed E-state index contributed by atoms with van der Waals surface area (Å²) in [6.45, 7) is 57.1. The largest absolute Gasteiger partial charge is 0.474 e. The molecule has 2 heterocycles. The van der Waals surface area contributed by atoms with Crippen LogP contribution in [0.25, 0.3) is 0 Å². The molecule has 70 heavy (non-hydrogen) atoms. The molecule has 4 aromatic rings. The molecule has 4 aromatic carbocycles. The van der Waals surface area contributed by atoms with E-state index in [1.165, 1.54) is 0 Å². The Kier molecular flexibility index (Phi) is 13.8. The number of hydrogen-bond acceptors (Lipinski definition) is 5. The number of rotatable bonds is 4. The number of phosphoric ester groups is 1. The lowest BCUT2D eigenvalue weighted by Crippen LogP contribution is -2.54. The lowest BCUT2D eigenvalue weighted by atomic mass is 9.67. The van der Waals surface area contributed by atoms with E-state index in [9.17, 15) is 4.89 Å². The van der Waals surface area contributed by atoms with Gasteiger partial charge in [-0.2, -0.15) is 0 Å². The molecule has 0 bridgehead atoms. The van der Waals surface area contributed by atoms with E-state index in [4.69, 9.17) is 18.5 Å².